The third-order valence-electron chi connectivity index (χ3n) is 4.66. The van der Waals surface area contributed by atoms with Crippen LogP contribution in [0.4, 0.5) is 4.39 Å². The van der Waals surface area contributed by atoms with Crippen molar-refractivity contribution in [3.8, 4) is 0 Å². The molecule has 0 amide bonds. The molecule has 29 heavy (non-hydrogen) atoms. The predicted molar refractivity (Wildman–Crippen MR) is 96.5 cm³/mol. The van der Waals surface area contributed by atoms with Gasteiger partial charge in [-0.25, -0.2) is 18.7 Å². The molecule has 0 bridgehead atoms. The molecule has 0 atom stereocenters. The number of rotatable bonds is 8. The fourth-order valence-electron chi connectivity index (χ4n) is 3.24. The fourth-order valence-corrected chi connectivity index (χ4v) is 3.24. The number of esters is 2. The van der Waals surface area contributed by atoms with Crippen molar-refractivity contribution in [3.63, 3.8) is 0 Å². The number of carbonyl (C=O) groups excluding carboxylic acids is 2. The van der Waals surface area contributed by atoms with E-state index in [0.717, 1.165) is 5.56 Å². The van der Waals surface area contributed by atoms with Gasteiger partial charge in [0.1, 0.15) is 5.82 Å². The maximum Gasteiger partial charge on any atom is 0.361 e. The number of ether oxygens (including phenoxy) is 4. The summed E-state index contributed by atoms with van der Waals surface area (Å²) < 4.78 is 35.6. The van der Waals surface area contributed by atoms with E-state index in [0.29, 0.717) is 39.0 Å². The van der Waals surface area contributed by atoms with Crippen LogP contribution in [-0.2, 0) is 31.3 Å². The predicted octanol–water partition coefficient (Wildman–Crippen LogP) is 2.06. The highest BCUT2D eigenvalue weighted by Crippen LogP contribution is 2.36. The minimum absolute atomic E-state index is 0.0547. The van der Waals surface area contributed by atoms with E-state index >= 15 is 0 Å². The summed E-state index contributed by atoms with van der Waals surface area (Å²) in [5.74, 6) is -2.73. The van der Waals surface area contributed by atoms with Gasteiger partial charge in [-0.2, -0.15) is 0 Å². The zero-order valence-corrected chi connectivity index (χ0v) is 16.2. The Morgan fingerprint density at radius 2 is 1.76 bits per heavy atom. The molecule has 0 aliphatic carbocycles. The van der Waals surface area contributed by atoms with E-state index in [1.54, 1.807) is 12.1 Å². The largest absolute Gasteiger partial charge is 0.464 e. The average Bonchev–Trinajstić information content (AvgIpc) is 3.38. The van der Waals surface area contributed by atoms with Gasteiger partial charge in [-0.3, -0.25) is 0 Å². The quantitative estimate of drug-likeness (QED) is 0.484. The molecular formula is C19H22FN3O6. The van der Waals surface area contributed by atoms with Gasteiger partial charge >= 0.3 is 11.9 Å². The van der Waals surface area contributed by atoms with Gasteiger partial charge in [0.15, 0.2) is 11.5 Å². The molecule has 156 valence electrons. The average molecular weight is 407 g/mol. The first-order valence-corrected chi connectivity index (χ1v) is 9.15. The number of unbranched alkanes of at least 4 members (excludes halogenated alkanes) is 1. The summed E-state index contributed by atoms with van der Waals surface area (Å²) in [6.45, 7) is 1.23. The normalized spacial score (nSPS) is 15.3. The second kappa shape index (κ2) is 9.10. The van der Waals surface area contributed by atoms with Gasteiger partial charge in [-0.1, -0.05) is 17.3 Å². The van der Waals surface area contributed by atoms with Crippen LogP contribution < -0.4 is 0 Å². The Bertz CT molecular complexity index is 861. The molecule has 2 aromatic rings. The van der Waals surface area contributed by atoms with E-state index in [4.69, 9.17) is 14.2 Å². The second-order valence-electron chi connectivity index (χ2n) is 6.41. The summed E-state index contributed by atoms with van der Waals surface area (Å²) >= 11 is 0. The second-order valence-corrected chi connectivity index (χ2v) is 6.41. The third-order valence-corrected chi connectivity index (χ3v) is 4.66. The first kappa shape index (κ1) is 20.9. The van der Waals surface area contributed by atoms with Crippen molar-refractivity contribution >= 4 is 11.9 Å². The van der Waals surface area contributed by atoms with Gasteiger partial charge in [0.2, 0.25) is 5.69 Å². The highest BCUT2D eigenvalue weighted by molar-refractivity contribution is 6.00. The van der Waals surface area contributed by atoms with Gasteiger partial charge in [0, 0.05) is 18.5 Å². The Balaban J connectivity index is 1.66. The van der Waals surface area contributed by atoms with E-state index in [9.17, 15) is 14.0 Å². The number of methoxy groups -OCH3 is 2. The lowest BCUT2D eigenvalue weighted by atomic mass is 9.99. The fraction of sp³-hybridized carbons (Fsp3) is 0.474. The van der Waals surface area contributed by atoms with Gasteiger partial charge < -0.3 is 18.9 Å². The number of nitrogens with zero attached hydrogens (tertiary/aromatic N) is 3. The summed E-state index contributed by atoms with van der Waals surface area (Å²) in [5.41, 5.74) is 0.505. The first-order chi connectivity index (χ1) is 14.0. The molecule has 1 fully saturated rings. The molecule has 1 aliphatic heterocycles. The van der Waals surface area contributed by atoms with Crippen molar-refractivity contribution in [2.24, 2.45) is 0 Å². The van der Waals surface area contributed by atoms with Crippen LogP contribution in [0.1, 0.15) is 45.8 Å². The summed E-state index contributed by atoms with van der Waals surface area (Å²) in [6.07, 6.45) is 1.79. The van der Waals surface area contributed by atoms with Gasteiger partial charge in [-0.05, 0) is 25.0 Å². The molecule has 1 aromatic heterocycles. The summed E-state index contributed by atoms with van der Waals surface area (Å²) in [7, 11) is 2.40. The van der Waals surface area contributed by atoms with E-state index in [-0.39, 0.29) is 17.2 Å². The molecule has 0 radical (unpaired) electrons. The van der Waals surface area contributed by atoms with Crippen LogP contribution in [0.3, 0.4) is 0 Å². The van der Waals surface area contributed by atoms with Crippen molar-refractivity contribution in [1.29, 1.82) is 0 Å². The first-order valence-electron chi connectivity index (χ1n) is 9.15. The van der Waals surface area contributed by atoms with Crippen molar-refractivity contribution in [3.05, 3.63) is 47.0 Å². The molecule has 0 spiro atoms. The molecule has 3 rings (SSSR count). The maximum absolute atomic E-state index is 13.2. The van der Waals surface area contributed by atoms with Crippen LogP contribution in [0.15, 0.2) is 24.3 Å². The highest BCUT2D eigenvalue weighted by atomic mass is 19.1. The summed E-state index contributed by atoms with van der Waals surface area (Å²) in [5, 5.41) is 7.60. The Kier molecular flexibility index (Phi) is 6.55. The third kappa shape index (κ3) is 4.43. The summed E-state index contributed by atoms with van der Waals surface area (Å²) in [4.78, 5) is 23.8. The van der Waals surface area contributed by atoms with Gasteiger partial charge in [-0.15, -0.1) is 5.10 Å². The smallest absolute Gasteiger partial charge is 0.361 e. The van der Waals surface area contributed by atoms with E-state index in [1.807, 2.05) is 0 Å². The maximum atomic E-state index is 13.2. The number of halogens is 1. The molecule has 1 saturated heterocycles. The van der Waals surface area contributed by atoms with Crippen molar-refractivity contribution in [2.45, 2.75) is 31.6 Å². The molecule has 0 saturated carbocycles. The molecule has 1 aromatic carbocycles. The monoisotopic (exact) mass is 407 g/mol. The van der Waals surface area contributed by atoms with E-state index in [2.05, 4.69) is 15.0 Å². The number of carbonyl (C=O) groups is 2. The number of hydrogen-bond acceptors (Lipinski definition) is 8. The molecule has 9 nitrogen and oxygen atoms in total. The Labute approximate surface area is 166 Å². The van der Waals surface area contributed by atoms with Crippen LogP contribution in [0.25, 0.3) is 0 Å². The lowest BCUT2D eigenvalue weighted by Gasteiger charge is -2.28. The minimum atomic E-state index is -0.918. The zero-order valence-electron chi connectivity index (χ0n) is 16.2. The zero-order chi connectivity index (χ0) is 20.9. The lowest BCUT2D eigenvalue weighted by molar-refractivity contribution is -0.171. The molecule has 10 heteroatoms. The summed E-state index contributed by atoms with van der Waals surface area (Å²) in [6, 6.07) is 6.04. The number of hydrogen-bond donors (Lipinski definition) is 0. The SMILES string of the molecule is COC(=O)c1nnn(CCCCC2(c3ccc(F)cc3)OCCO2)c1C(=O)OC. The minimum Gasteiger partial charge on any atom is -0.464 e. The number of aromatic nitrogens is 3. The Hall–Kier alpha value is -2.85. The van der Waals surface area contributed by atoms with Crippen molar-refractivity contribution in [2.75, 3.05) is 27.4 Å². The Morgan fingerprint density at radius 1 is 1.10 bits per heavy atom. The van der Waals surface area contributed by atoms with Crippen LogP contribution in [-0.4, -0.2) is 54.4 Å². The lowest BCUT2D eigenvalue weighted by Crippen LogP contribution is -2.27. The molecule has 0 unspecified atom stereocenters. The Morgan fingerprint density at radius 3 is 2.38 bits per heavy atom. The van der Waals surface area contributed by atoms with Crippen LogP contribution >= 0.6 is 0 Å². The molecule has 1 aliphatic rings. The standard InChI is InChI=1S/C19H22FN3O6/c1-26-17(24)15-16(18(25)27-2)23(22-21-15)10-4-3-9-19(28-11-12-29-19)13-5-7-14(20)8-6-13/h5-8H,3-4,9-12H2,1-2H3. The molecule has 2 heterocycles. The molecule has 0 N–H and O–H groups in total. The van der Waals surface area contributed by atoms with Crippen LogP contribution in [0.2, 0.25) is 0 Å². The van der Waals surface area contributed by atoms with E-state index in [1.165, 1.54) is 31.0 Å². The van der Waals surface area contributed by atoms with Crippen molar-refractivity contribution in [1.82, 2.24) is 15.0 Å². The topological polar surface area (TPSA) is 102 Å². The van der Waals surface area contributed by atoms with E-state index < -0.39 is 17.7 Å². The van der Waals surface area contributed by atoms with Gasteiger partial charge in [0.05, 0.1) is 27.4 Å². The number of benzene rings is 1. The highest BCUT2D eigenvalue weighted by Gasteiger charge is 2.38. The molecular weight excluding hydrogens is 385 g/mol. The van der Waals surface area contributed by atoms with Gasteiger partial charge in [0.25, 0.3) is 0 Å². The number of aryl methyl sites for hydroxylation is 1. The van der Waals surface area contributed by atoms with Crippen LogP contribution in [0, 0.1) is 5.82 Å². The van der Waals surface area contributed by atoms with Crippen molar-refractivity contribution < 1.29 is 32.9 Å². The van der Waals surface area contributed by atoms with Crippen LogP contribution in [0.5, 0.6) is 0 Å².